The molecule has 0 spiro atoms. The first-order valence-corrected chi connectivity index (χ1v) is 10.8. The number of carbonyl (C=O) groups is 1. The number of anilines is 1. The molecule has 1 aliphatic rings. The predicted molar refractivity (Wildman–Crippen MR) is 125 cm³/mol. The molecule has 2 aromatic heterocycles. The molecule has 9 heteroatoms. The first-order chi connectivity index (χ1) is 16.1. The molecular weight excluding hydrogens is 422 g/mol. The Kier molecular flexibility index (Phi) is 5.47. The maximum Gasteiger partial charge on any atom is 0.257 e. The van der Waals surface area contributed by atoms with Crippen LogP contribution >= 0.6 is 0 Å². The number of benzene rings is 2. The topological polar surface area (TPSA) is 114 Å². The minimum Gasteiger partial charge on any atom is -0.493 e. The van der Waals surface area contributed by atoms with E-state index < -0.39 is 0 Å². The van der Waals surface area contributed by atoms with Crippen LogP contribution in [-0.4, -0.2) is 53.9 Å². The SMILES string of the molecule is COc1ccc(-n2c(N)c(C(=O)NC[C@H]3CCCO3)c3nc4ccccc4nc32)cc1OC. The summed E-state index contributed by atoms with van der Waals surface area (Å²) in [4.78, 5) is 22.8. The molecule has 0 radical (unpaired) electrons. The molecule has 3 N–H and O–H groups in total. The lowest BCUT2D eigenvalue weighted by Crippen LogP contribution is -2.32. The number of carbonyl (C=O) groups excluding carboxylic acids is 1. The van der Waals surface area contributed by atoms with E-state index >= 15 is 0 Å². The lowest BCUT2D eigenvalue weighted by atomic mass is 10.2. The van der Waals surface area contributed by atoms with Gasteiger partial charge in [0, 0.05) is 19.2 Å². The molecule has 0 bridgehead atoms. The molecule has 2 aromatic carbocycles. The number of hydrogen-bond donors (Lipinski definition) is 2. The number of nitrogen functional groups attached to an aromatic ring is 1. The van der Waals surface area contributed by atoms with Crippen LogP contribution in [0.5, 0.6) is 11.5 Å². The van der Waals surface area contributed by atoms with Crippen molar-refractivity contribution in [1.29, 1.82) is 0 Å². The van der Waals surface area contributed by atoms with Gasteiger partial charge in [-0.15, -0.1) is 0 Å². The van der Waals surface area contributed by atoms with Crippen LogP contribution in [-0.2, 0) is 4.74 Å². The van der Waals surface area contributed by atoms with Crippen LogP contribution < -0.4 is 20.5 Å². The van der Waals surface area contributed by atoms with Gasteiger partial charge in [0.2, 0.25) is 0 Å². The van der Waals surface area contributed by atoms with Gasteiger partial charge < -0.3 is 25.3 Å². The van der Waals surface area contributed by atoms with E-state index in [1.54, 1.807) is 30.9 Å². The van der Waals surface area contributed by atoms with Gasteiger partial charge in [0.25, 0.3) is 5.91 Å². The molecule has 1 saturated heterocycles. The summed E-state index contributed by atoms with van der Waals surface area (Å²) in [6.07, 6.45) is 1.94. The molecule has 9 nitrogen and oxygen atoms in total. The van der Waals surface area contributed by atoms with E-state index in [9.17, 15) is 4.79 Å². The van der Waals surface area contributed by atoms with E-state index in [-0.39, 0.29) is 23.4 Å². The first kappa shape index (κ1) is 21.0. The highest BCUT2D eigenvalue weighted by molar-refractivity contribution is 6.11. The van der Waals surface area contributed by atoms with Crippen LogP contribution in [0.3, 0.4) is 0 Å². The summed E-state index contributed by atoms with van der Waals surface area (Å²) in [6, 6.07) is 12.9. The summed E-state index contributed by atoms with van der Waals surface area (Å²) in [6.45, 7) is 1.14. The molecule has 1 aliphatic heterocycles. The number of nitrogens with zero attached hydrogens (tertiary/aromatic N) is 3. The molecular formula is C24H25N5O4. The zero-order valence-corrected chi connectivity index (χ0v) is 18.5. The fourth-order valence-corrected chi connectivity index (χ4v) is 4.21. The molecule has 0 unspecified atom stereocenters. The summed E-state index contributed by atoms with van der Waals surface area (Å²) >= 11 is 0. The summed E-state index contributed by atoms with van der Waals surface area (Å²) in [5.74, 6) is 1.06. The van der Waals surface area contributed by atoms with Gasteiger partial charge >= 0.3 is 0 Å². The molecule has 1 fully saturated rings. The Morgan fingerprint density at radius 3 is 2.61 bits per heavy atom. The van der Waals surface area contributed by atoms with E-state index in [4.69, 9.17) is 29.9 Å². The Hall–Kier alpha value is -3.85. The maximum atomic E-state index is 13.3. The lowest BCUT2D eigenvalue weighted by molar-refractivity contribution is 0.0859. The predicted octanol–water partition coefficient (Wildman–Crippen LogP) is 3.08. The highest BCUT2D eigenvalue weighted by Gasteiger charge is 2.26. The van der Waals surface area contributed by atoms with Crippen LogP contribution in [0.1, 0.15) is 23.2 Å². The number of hydrogen-bond acceptors (Lipinski definition) is 7. The maximum absolute atomic E-state index is 13.3. The smallest absolute Gasteiger partial charge is 0.257 e. The Labute approximate surface area is 190 Å². The summed E-state index contributed by atoms with van der Waals surface area (Å²) in [5.41, 5.74) is 9.85. The van der Waals surface area contributed by atoms with E-state index in [1.165, 1.54) is 0 Å². The number of fused-ring (bicyclic) bond motifs is 2. The zero-order valence-electron chi connectivity index (χ0n) is 18.5. The van der Waals surface area contributed by atoms with Gasteiger partial charge in [-0.2, -0.15) is 0 Å². The third kappa shape index (κ3) is 3.70. The van der Waals surface area contributed by atoms with Gasteiger partial charge in [0.05, 0.1) is 37.0 Å². The number of methoxy groups -OCH3 is 2. The van der Waals surface area contributed by atoms with E-state index in [1.807, 2.05) is 30.3 Å². The molecule has 1 atom stereocenters. The second-order valence-corrected chi connectivity index (χ2v) is 7.86. The van der Waals surface area contributed by atoms with Crippen LogP contribution in [0, 0.1) is 0 Å². The van der Waals surface area contributed by atoms with Crippen molar-refractivity contribution in [1.82, 2.24) is 19.9 Å². The van der Waals surface area contributed by atoms with Crippen molar-refractivity contribution in [2.45, 2.75) is 18.9 Å². The number of nitrogens with two attached hydrogens (primary N) is 1. The molecule has 170 valence electrons. The van der Waals surface area contributed by atoms with E-state index in [0.29, 0.717) is 45.9 Å². The third-order valence-electron chi connectivity index (χ3n) is 5.86. The normalized spacial score (nSPS) is 15.8. The Morgan fingerprint density at radius 1 is 1.15 bits per heavy atom. The molecule has 33 heavy (non-hydrogen) atoms. The van der Waals surface area contributed by atoms with E-state index in [2.05, 4.69) is 5.32 Å². The Bertz CT molecular complexity index is 1340. The fourth-order valence-electron chi connectivity index (χ4n) is 4.21. The van der Waals surface area contributed by atoms with Gasteiger partial charge in [-0.05, 0) is 37.1 Å². The zero-order chi connectivity index (χ0) is 22.9. The van der Waals surface area contributed by atoms with Crippen molar-refractivity contribution in [2.75, 3.05) is 33.1 Å². The number of para-hydroxylation sites is 2. The van der Waals surface area contributed by atoms with E-state index in [0.717, 1.165) is 19.4 Å². The van der Waals surface area contributed by atoms with Gasteiger partial charge in [0.1, 0.15) is 16.9 Å². The van der Waals surface area contributed by atoms with Crippen molar-refractivity contribution in [3.8, 4) is 17.2 Å². The summed E-state index contributed by atoms with van der Waals surface area (Å²) in [7, 11) is 3.14. The average molecular weight is 447 g/mol. The van der Waals surface area contributed by atoms with Gasteiger partial charge in [-0.1, -0.05) is 12.1 Å². The van der Waals surface area contributed by atoms with Gasteiger partial charge in [-0.3, -0.25) is 9.36 Å². The number of aromatic nitrogens is 3. The molecule has 5 rings (SSSR count). The average Bonchev–Trinajstić information content (AvgIpc) is 3.46. The minimum atomic E-state index is -0.309. The largest absolute Gasteiger partial charge is 0.493 e. The minimum absolute atomic E-state index is 0.0151. The number of amides is 1. The standard InChI is InChI=1S/C24H25N5O4/c1-31-18-10-9-14(12-19(18)32-2)29-22(25)20(24(30)26-13-15-6-5-11-33-15)21-23(29)28-17-8-4-3-7-16(17)27-21/h3-4,7-10,12,15H,5-6,11,13,25H2,1-2H3,(H,26,30)/t15-/m1/s1. The third-order valence-corrected chi connectivity index (χ3v) is 5.86. The van der Waals surface area contributed by atoms with Crippen LogP contribution in [0.25, 0.3) is 27.9 Å². The van der Waals surface area contributed by atoms with Crippen molar-refractivity contribution in [3.63, 3.8) is 0 Å². The first-order valence-electron chi connectivity index (χ1n) is 10.8. The molecule has 0 saturated carbocycles. The monoisotopic (exact) mass is 447 g/mol. The highest BCUT2D eigenvalue weighted by Crippen LogP contribution is 2.35. The van der Waals surface area contributed by atoms with Crippen LogP contribution in [0.4, 0.5) is 5.82 Å². The highest BCUT2D eigenvalue weighted by atomic mass is 16.5. The number of ether oxygens (including phenoxy) is 3. The summed E-state index contributed by atoms with van der Waals surface area (Å²) < 4.78 is 18.2. The van der Waals surface area contributed by atoms with Crippen molar-refractivity contribution in [2.24, 2.45) is 0 Å². The van der Waals surface area contributed by atoms with Crippen molar-refractivity contribution >= 4 is 33.9 Å². The van der Waals surface area contributed by atoms with Crippen molar-refractivity contribution in [3.05, 3.63) is 48.0 Å². The van der Waals surface area contributed by atoms with Gasteiger partial charge in [-0.25, -0.2) is 9.97 Å². The lowest BCUT2D eigenvalue weighted by Gasteiger charge is -2.13. The molecule has 0 aliphatic carbocycles. The van der Waals surface area contributed by atoms with Gasteiger partial charge in [0.15, 0.2) is 17.1 Å². The van der Waals surface area contributed by atoms with Crippen LogP contribution in [0.2, 0.25) is 0 Å². The second kappa shape index (κ2) is 8.59. The Balaban J connectivity index is 1.67. The summed E-state index contributed by atoms with van der Waals surface area (Å²) in [5, 5.41) is 2.96. The molecule has 1 amide bonds. The molecule has 3 heterocycles. The second-order valence-electron chi connectivity index (χ2n) is 7.86. The number of rotatable bonds is 6. The Morgan fingerprint density at radius 2 is 1.91 bits per heavy atom. The fraction of sp³-hybridized carbons (Fsp3) is 0.292. The number of nitrogens with one attached hydrogen (secondary N) is 1. The molecule has 4 aromatic rings. The van der Waals surface area contributed by atoms with Crippen molar-refractivity contribution < 1.29 is 19.0 Å². The quantitative estimate of drug-likeness (QED) is 0.467. The van der Waals surface area contributed by atoms with Crippen LogP contribution in [0.15, 0.2) is 42.5 Å².